The molecule has 0 amide bonds. The van der Waals surface area contributed by atoms with Gasteiger partial charge in [-0.1, -0.05) is 0 Å². The van der Waals surface area contributed by atoms with E-state index in [0.717, 1.165) is 29.7 Å². The molecule has 5 nitrogen and oxygen atoms in total. The Balaban J connectivity index is 1.76. The third-order valence-corrected chi connectivity index (χ3v) is 3.05. The Morgan fingerprint density at radius 3 is 3.17 bits per heavy atom. The van der Waals surface area contributed by atoms with E-state index in [1.165, 1.54) is 5.69 Å². The molecule has 2 N–H and O–H groups in total. The highest BCUT2D eigenvalue weighted by molar-refractivity contribution is 5.81. The van der Waals surface area contributed by atoms with E-state index in [9.17, 15) is 0 Å². The molecule has 3 aromatic rings. The third-order valence-electron chi connectivity index (χ3n) is 3.05. The molecule has 0 aliphatic heterocycles. The largest absolute Gasteiger partial charge is 0.379 e. The highest BCUT2D eigenvalue weighted by atomic mass is 15.1. The number of nitrogens with zero attached hydrogens (tertiary/aromatic N) is 3. The van der Waals surface area contributed by atoms with Crippen molar-refractivity contribution in [3.63, 3.8) is 0 Å². The Hall–Kier alpha value is -2.30. The average Bonchev–Trinajstić information content (AvgIpc) is 3.04. The number of hydrogen-bond donors (Lipinski definition) is 2. The zero-order valence-electron chi connectivity index (χ0n) is 10.2. The summed E-state index contributed by atoms with van der Waals surface area (Å²) in [6, 6.07) is 6.17. The number of fused-ring (bicyclic) bond motifs is 1. The van der Waals surface area contributed by atoms with E-state index in [1.807, 2.05) is 30.9 Å². The first kappa shape index (κ1) is 10.8. The first-order valence-electron chi connectivity index (χ1n) is 6.03. The summed E-state index contributed by atoms with van der Waals surface area (Å²) >= 11 is 0. The fraction of sp³-hybridized carbons (Fsp3) is 0.231. The molecule has 0 bridgehead atoms. The topological polar surface area (TPSA) is 58.5 Å². The third kappa shape index (κ3) is 1.95. The SMILES string of the molecule is CCn1cncc1CNc1ccc2[nH]ncc2c1. The monoisotopic (exact) mass is 241 g/mol. The van der Waals surface area contributed by atoms with Crippen LogP contribution in [-0.4, -0.2) is 19.7 Å². The van der Waals surface area contributed by atoms with E-state index in [4.69, 9.17) is 0 Å². The minimum atomic E-state index is 0.775. The van der Waals surface area contributed by atoms with Crippen molar-refractivity contribution in [2.24, 2.45) is 0 Å². The van der Waals surface area contributed by atoms with Gasteiger partial charge in [0.2, 0.25) is 0 Å². The van der Waals surface area contributed by atoms with Crippen LogP contribution in [0.3, 0.4) is 0 Å². The molecule has 0 spiro atoms. The van der Waals surface area contributed by atoms with Crippen molar-refractivity contribution < 1.29 is 0 Å². The molecule has 0 aliphatic carbocycles. The Bertz CT molecular complexity index is 652. The number of nitrogens with one attached hydrogen (secondary N) is 2. The van der Waals surface area contributed by atoms with Gasteiger partial charge in [-0.2, -0.15) is 5.10 Å². The summed E-state index contributed by atoms with van der Waals surface area (Å²) < 4.78 is 2.13. The molecular weight excluding hydrogens is 226 g/mol. The molecule has 1 aromatic carbocycles. The first-order valence-corrected chi connectivity index (χ1v) is 6.03. The molecule has 92 valence electrons. The number of imidazole rings is 1. The smallest absolute Gasteiger partial charge is 0.0948 e. The zero-order valence-corrected chi connectivity index (χ0v) is 10.2. The second kappa shape index (κ2) is 4.52. The van der Waals surface area contributed by atoms with Gasteiger partial charge in [0, 0.05) is 23.8 Å². The predicted molar refractivity (Wildman–Crippen MR) is 71.3 cm³/mol. The van der Waals surface area contributed by atoms with Gasteiger partial charge in [-0.3, -0.25) is 5.10 Å². The van der Waals surface area contributed by atoms with Crippen LogP contribution in [0.25, 0.3) is 10.9 Å². The van der Waals surface area contributed by atoms with Crippen LogP contribution in [0.1, 0.15) is 12.6 Å². The number of rotatable bonds is 4. The van der Waals surface area contributed by atoms with E-state index >= 15 is 0 Å². The van der Waals surface area contributed by atoms with Gasteiger partial charge in [0.1, 0.15) is 0 Å². The highest BCUT2D eigenvalue weighted by Gasteiger charge is 2.01. The van der Waals surface area contributed by atoms with Crippen LogP contribution >= 0.6 is 0 Å². The molecule has 0 fully saturated rings. The van der Waals surface area contributed by atoms with Crippen molar-refractivity contribution in [1.82, 2.24) is 19.7 Å². The van der Waals surface area contributed by atoms with Gasteiger partial charge >= 0.3 is 0 Å². The lowest BCUT2D eigenvalue weighted by atomic mass is 10.2. The molecule has 0 atom stereocenters. The molecule has 3 rings (SSSR count). The average molecular weight is 241 g/mol. The maximum Gasteiger partial charge on any atom is 0.0948 e. The summed E-state index contributed by atoms with van der Waals surface area (Å²) in [6.45, 7) is 3.83. The number of aryl methyl sites for hydroxylation is 1. The molecule has 0 saturated heterocycles. The van der Waals surface area contributed by atoms with Gasteiger partial charge in [-0.25, -0.2) is 4.98 Å². The van der Waals surface area contributed by atoms with E-state index in [-0.39, 0.29) is 0 Å². The van der Waals surface area contributed by atoms with Crippen molar-refractivity contribution in [2.45, 2.75) is 20.0 Å². The summed E-state index contributed by atoms with van der Waals surface area (Å²) in [4.78, 5) is 4.15. The van der Waals surface area contributed by atoms with Crippen LogP contribution in [-0.2, 0) is 13.1 Å². The van der Waals surface area contributed by atoms with Crippen molar-refractivity contribution in [1.29, 1.82) is 0 Å². The standard InChI is InChI=1S/C13H15N5/c1-2-18-9-14-7-12(18)8-15-11-3-4-13-10(5-11)6-16-17-13/h3-7,9,15H,2,8H2,1H3,(H,16,17). The normalized spacial score (nSPS) is 10.9. The lowest BCUT2D eigenvalue weighted by molar-refractivity contribution is 0.719. The van der Waals surface area contributed by atoms with Crippen molar-refractivity contribution in [2.75, 3.05) is 5.32 Å². The first-order chi connectivity index (χ1) is 8.86. The summed E-state index contributed by atoms with van der Waals surface area (Å²) in [5.41, 5.74) is 3.33. The van der Waals surface area contributed by atoms with Crippen molar-refractivity contribution >= 4 is 16.6 Å². The molecule has 0 aliphatic rings. The minimum absolute atomic E-state index is 0.775. The van der Waals surface area contributed by atoms with Gasteiger partial charge in [0.15, 0.2) is 0 Å². The lowest BCUT2D eigenvalue weighted by Crippen LogP contribution is -2.05. The zero-order chi connectivity index (χ0) is 12.4. The Morgan fingerprint density at radius 1 is 1.33 bits per heavy atom. The number of benzene rings is 1. The number of hydrogen-bond acceptors (Lipinski definition) is 3. The summed E-state index contributed by atoms with van der Waals surface area (Å²) in [7, 11) is 0. The molecule has 0 radical (unpaired) electrons. The number of aromatic amines is 1. The van der Waals surface area contributed by atoms with E-state index in [1.54, 1.807) is 0 Å². The Morgan fingerprint density at radius 2 is 2.28 bits per heavy atom. The van der Waals surface area contributed by atoms with Crippen LogP contribution in [0.4, 0.5) is 5.69 Å². The van der Waals surface area contributed by atoms with Crippen LogP contribution in [0.2, 0.25) is 0 Å². The van der Waals surface area contributed by atoms with E-state index < -0.39 is 0 Å². The summed E-state index contributed by atoms with van der Waals surface area (Å²) in [5.74, 6) is 0. The summed E-state index contributed by atoms with van der Waals surface area (Å²) in [5, 5.41) is 11.5. The van der Waals surface area contributed by atoms with Crippen LogP contribution in [0.15, 0.2) is 36.9 Å². The maximum absolute atomic E-state index is 4.15. The van der Waals surface area contributed by atoms with Crippen molar-refractivity contribution in [3.8, 4) is 0 Å². The molecular formula is C13H15N5. The fourth-order valence-electron chi connectivity index (χ4n) is 2.03. The fourth-order valence-corrected chi connectivity index (χ4v) is 2.03. The van der Waals surface area contributed by atoms with Gasteiger partial charge in [0.25, 0.3) is 0 Å². The Labute approximate surface area is 105 Å². The van der Waals surface area contributed by atoms with Gasteiger partial charge in [-0.15, -0.1) is 0 Å². The lowest BCUT2D eigenvalue weighted by Gasteiger charge is -2.08. The van der Waals surface area contributed by atoms with Crippen LogP contribution < -0.4 is 5.32 Å². The number of aromatic nitrogens is 4. The number of H-pyrrole nitrogens is 1. The Kier molecular flexibility index (Phi) is 2.72. The molecule has 5 heteroatoms. The molecule has 2 aromatic heterocycles. The molecule has 2 heterocycles. The second-order valence-corrected chi connectivity index (χ2v) is 4.20. The molecule has 0 unspecified atom stereocenters. The quantitative estimate of drug-likeness (QED) is 0.737. The highest BCUT2D eigenvalue weighted by Crippen LogP contribution is 2.17. The number of anilines is 1. The van der Waals surface area contributed by atoms with Crippen molar-refractivity contribution in [3.05, 3.63) is 42.6 Å². The minimum Gasteiger partial charge on any atom is -0.379 e. The molecule has 18 heavy (non-hydrogen) atoms. The van der Waals surface area contributed by atoms with Gasteiger partial charge < -0.3 is 9.88 Å². The molecule has 0 saturated carbocycles. The predicted octanol–water partition coefficient (Wildman–Crippen LogP) is 2.39. The van der Waals surface area contributed by atoms with E-state index in [0.29, 0.717) is 0 Å². The maximum atomic E-state index is 4.15. The summed E-state index contributed by atoms with van der Waals surface area (Å²) in [6.07, 6.45) is 5.58. The van der Waals surface area contributed by atoms with E-state index in [2.05, 4.69) is 38.1 Å². The van der Waals surface area contributed by atoms with Crippen LogP contribution in [0.5, 0.6) is 0 Å². The van der Waals surface area contributed by atoms with Gasteiger partial charge in [0.05, 0.1) is 30.3 Å². The van der Waals surface area contributed by atoms with Gasteiger partial charge in [-0.05, 0) is 25.1 Å². The second-order valence-electron chi connectivity index (χ2n) is 4.20. The van der Waals surface area contributed by atoms with Crippen LogP contribution in [0, 0.1) is 0 Å².